The van der Waals surface area contributed by atoms with Crippen LogP contribution in [0, 0.1) is 0 Å². The summed E-state index contributed by atoms with van der Waals surface area (Å²) in [7, 11) is 1.14. The van der Waals surface area contributed by atoms with Crippen LogP contribution in [0.4, 0.5) is 30.8 Å². The largest absolute Gasteiger partial charge is 0.480 e. The molecule has 0 unspecified atom stereocenters. The lowest BCUT2D eigenvalue weighted by molar-refractivity contribution is -0.138. The maximum atomic E-state index is 13.6. The third-order valence-electron chi connectivity index (χ3n) is 5.11. The molecular weight excluding hydrogens is 427 g/mol. The lowest BCUT2D eigenvalue weighted by Crippen LogP contribution is -2.30. The molecule has 0 amide bonds. The number of methoxy groups -OCH3 is 1. The first kappa shape index (κ1) is 21.8. The predicted octanol–water partition coefficient (Wildman–Crippen LogP) is 3.59. The van der Waals surface area contributed by atoms with Crippen LogP contribution in [0.1, 0.15) is 50.9 Å². The van der Waals surface area contributed by atoms with Gasteiger partial charge in [0.2, 0.25) is 11.8 Å². The lowest BCUT2D eigenvalue weighted by Gasteiger charge is -2.20. The number of alkyl halides is 3. The first-order chi connectivity index (χ1) is 15.1. The maximum absolute atomic E-state index is 13.6. The summed E-state index contributed by atoms with van der Waals surface area (Å²) in [6, 6.07) is 2.00. The zero-order valence-corrected chi connectivity index (χ0v) is 18.1. The Morgan fingerprint density at radius 3 is 2.41 bits per heavy atom. The average Bonchev–Trinajstić information content (AvgIpc) is 3.23. The minimum Gasteiger partial charge on any atom is -0.480 e. The van der Waals surface area contributed by atoms with Crippen LogP contribution in [0.5, 0.6) is 5.88 Å². The smallest absolute Gasteiger partial charge is 0.425 e. The van der Waals surface area contributed by atoms with Crippen LogP contribution >= 0.6 is 0 Å². The summed E-state index contributed by atoms with van der Waals surface area (Å²) in [6.45, 7) is 5.79. The van der Waals surface area contributed by atoms with Crippen molar-refractivity contribution in [1.29, 1.82) is 0 Å². The van der Waals surface area contributed by atoms with Gasteiger partial charge < -0.3 is 15.4 Å². The van der Waals surface area contributed by atoms with Gasteiger partial charge in [-0.15, -0.1) is 0 Å². The molecule has 0 aromatic carbocycles. The number of hydrogen-bond donors (Lipinski definition) is 2. The third-order valence-corrected chi connectivity index (χ3v) is 5.11. The van der Waals surface area contributed by atoms with E-state index >= 15 is 0 Å². The minimum atomic E-state index is -4.68. The molecule has 0 saturated heterocycles. The van der Waals surface area contributed by atoms with Crippen molar-refractivity contribution in [2.75, 3.05) is 24.3 Å². The number of nitrogens with zero attached hydrogens (tertiary/aromatic N) is 7. The molecule has 3 aromatic rings. The van der Waals surface area contributed by atoms with E-state index in [2.05, 4.69) is 30.8 Å². The SMILES string of the molecule is CCNc1nc(Nc2cc(C(C)(C)n3nccn3)nn2C2CC2)nc(OC)c1C(F)(F)F. The fourth-order valence-corrected chi connectivity index (χ4v) is 3.30. The van der Waals surface area contributed by atoms with Gasteiger partial charge >= 0.3 is 6.18 Å². The Morgan fingerprint density at radius 2 is 1.84 bits per heavy atom. The third kappa shape index (κ3) is 4.06. The van der Waals surface area contributed by atoms with Crippen LogP contribution in [0.2, 0.25) is 0 Å². The molecule has 1 aliphatic carbocycles. The second-order valence-corrected chi connectivity index (χ2v) is 7.90. The molecule has 172 valence electrons. The van der Waals surface area contributed by atoms with E-state index in [9.17, 15) is 13.2 Å². The van der Waals surface area contributed by atoms with Crippen molar-refractivity contribution in [3.8, 4) is 5.88 Å². The summed E-state index contributed by atoms with van der Waals surface area (Å²) in [5.41, 5.74) is -1.00. The average molecular weight is 451 g/mol. The number of hydrogen-bond acceptors (Lipinski definition) is 8. The first-order valence-corrected chi connectivity index (χ1v) is 10.2. The zero-order valence-electron chi connectivity index (χ0n) is 18.1. The van der Waals surface area contributed by atoms with E-state index in [0.29, 0.717) is 11.5 Å². The van der Waals surface area contributed by atoms with E-state index in [1.54, 1.807) is 28.8 Å². The second kappa shape index (κ2) is 7.95. The number of ether oxygens (including phenoxy) is 1. The van der Waals surface area contributed by atoms with Crippen molar-refractivity contribution in [1.82, 2.24) is 34.7 Å². The van der Waals surface area contributed by atoms with Gasteiger partial charge in [-0.1, -0.05) is 0 Å². The highest BCUT2D eigenvalue weighted by atomic mass is 19.4. The predicted molar refractivity (Wildman–Crippen MR) is 110 cm³/mol. The van der Waals surface area contributed by atoms with Gasteiger partial charge in [0.05, 0.1) is 31.2 Å². The molecule has 1 saturated carbocycles. The van der Waals surface area contributed by atoms with Gasteiger partial charge in [-0.2, -0.15) is 43.2 Å². The monoisotopic (exact) mass is 451 g/mol. The molecule has 13 heteroatoms. The molecule has 0 spiro atoms. The first-order valence-electron chi connectivity index (χ1n) is 10.2. The van der Waals surface area contributed by atoms with E-state index in [-0.39, 0.29) is 24.4 Å². The van der Waals surface area contributed by atoms with E-state index in [1.165, 1.54) is 0 Å². The Labute approximate surface area is 182 Å². The van der Waals surface area contributed by atoms with Crippen LogP contribution in [-0.2, 0) is 11.7 Å². The highest BCUT2D eigenvalue weighted by molar-refractivity contribution is 5.59. The van der Waals surface area contributed by atoms with Crippen LogP contribution in [-0.4, -0.2) is 48.4 Å². The lowest BCUT2D eigenvalue weighted by atomic mass is 10.0. The number of nitrogens with one attached hydrogen (secondary N) is 2. The number of rotatable bonds is 8. The normalized spacial score (nSPS) is 14.5. The van der Waals surface area contributed by atoms with Gasteiger partial charge in [0.25, 0.3) is 0 Å². The Balaban J connectivity index is 1.74. The van der Waals surface area contributed by atoms with Gasteiger partial charge in [-0.25, -0.2) is 4.68 Å². The molecule has 3 heterocycles. The fourth-order valence-electron chi connectivity index (χ4n) is 3.30. The van der Waals surface area contributed by atoms with Crippen LogP contribution < -0.4 is 15.4 Å². The van der Waals surface area contributed by atoms with Crippen LogP contribution in [0.25, 0.3) is 0 Å². The highest BCUT2D eigenvalue weighted by Gasteiger charge is 2.40. The molecule has 10 nitrogen and oxygen atoms in total. The molecule has 32 heavy (non-hydrogen) atoms. The van der Waals surface area contributed by atoms with Gasteiger partial charge in [-0.3, -0.25) is 0 Å². The molecule has 1 aliphatic rings. The highest BCUT2D eigenvalue weighted by Crippen LogP contribution is 2.42. The molecule has 0 bridgehead atoms. The molecule has 0 radical (unpaired) electrons. The quantitative estimate of drug-likeness (QED) is 0.535. The summed E-state index contributed by atoms with van der Waals surface area (Å²) in [5.74, 6) is -0.390. The standard InChI is InChI=1S/C19H24F3N9O/c1-5-23-15-14(19(20,21)22)16(32-4)28-17(27-15)26-13-10-12(29-30(13)11-6-7-11)18(2,3)31-24-8-9-25-31/h8-11H,5-7H2,1-4H3,(H2,23,26,27,28). The molecule has 4 rings (SSSR count). The van der Waals surface area contributed by atoms with E-state index in [0.717, 1.165) is 20.0 Å². The summed E-state index contributed by atoms with van der Waals surface area (Å²) in [5, 5.41) is 18.8. The van der Waals surface area contributed by atoms with Crippen molar-refractivity contribution in [3.05, 3.63) is 29.7 Å². The van der Waals surface area contributed by atoms with E-state index in [4.69, 9.17) is 9.84 Å². The molecule has 0 atom stereocenters. The fraction of sp³-hybridized carbons (Fsp3) is 0.526. The summed E-state index contributed by atoms with van der Waals surface area (Å²) < 4.78 is 47.5. The molecule has 2 N–H and O–H groups in total. The van der Waals surface area contributed by atoms with Crippen molar-refractivity contribution < 1.29 is 17.9 Å². The van der Waals surface area contributed by atoms with Gasteiger partial charge in [0, 0.05) is 12.6 Å². The Kier molecular flexibility index (Phi) is 5.42. The Hall–Kier alpha value is -3.38. The second-order valence-electron chi connectivity index (χ2n) is 7.90. The topological polar surface area (TPSA) is 108 Å². The molecule has 1 fully saturated rings. The van der Waals surface area contributed by atoms with E-state index < -0.39 is 23.2 Å². The van der Waals surface area contributed by atoms with Crippen LogP contribution in [0.3, 0.4) is 0 Å². The molecular formula is C19H24F3N9O. The summed E-state index contributed by atoms with van der Waals surface area (Å²) in [4.78, 5) is 9.59. The zero-order chi connectivity index (χ0) is 23.1. The molecule has 3 aromatic heterocycles. The minimum absolute atomic E-state index is 0.0332. The Morgan fingerprint density at radius 1 is 1.16 bits per heavy atom. The van der Waals surface area contributed by atoms with Crippen molar-refractivity contribution in [2.24, 2.45) is 0 Å². The summed E-state index contributed by atoms with van der Waals surface area (Å²) >= 11 is 0. The number of halogens is 3. The number of anilines is 3. The van der Waals surface area contributed by atoms with Crippen LogP contribution in [0.15, 0.2) is 18.5 Å². The molecule has 0 aliphatic heterocycles. The van der Waals surface area contributed by atoms with Gasteiger partial charge in [0.1, 0.15) is 17.2 Å². The number of aromatic nitrogens is 7. The summed E-state index contributed by atoms with van der Waals surface area (Å²) in [6.07, 6.45) is 0.407. The van der Waals surface area contributed by atoms with Gasteiger partial charge in [-0.05, 0) is 33.6 Å². The van der Waals surface area contributed by atoms with Crippen molar-refractivity contribution in [2.45, 2.75) is 51.4 Å². The van der Waals surface area contributed by atoms with Crippen molar-refractivity contribution in [3.63, 3.8) is 0 Å². The maximum Gasteiger partial charge on any atom is 0.425 e. The van der Waals surface area contributed by atoms with E-state index in [1.807, 2.05) is 19.9 Å². The Bertz CT molecular complexity index is 1090. The van der Waals surface area contributed by atoms with Crippen molar-refractivity contribution >= 4 is 17.6 Å². The van der Waals surface area contributed by atoms with Gasteiger partial charge in [0.15, 0.2) is 5.56 Å².